The minimum atomic E-state index is 0. The van der Waals surface area contributed by atoms with Crippen molar-refractivity contribution in [3.63, 3.8) is 0 Å². The predicted octanol–water partition coefficient (Wildman–Crippen LogP) is 3.34. The SMILES string of the molecule is COCC(NC(=NCCc1ccco1)NC1CCCC1)C1CC1.I. The van der Waals surface area contributed by atoms with Gasteiger partial charge in [0.1, 0.15) is 5.76 Å². The summed E-state index contributed by atoms with van der Waals surface area (Å²) in [6.07, 6.45) is 10.3. The number of nitrogens with zero attached hydrogens (tertiary/aromatic N) is 1. The summed E-state index contributed by atoms with van der Waals surface area (Å²) in [7, 11) is 1.77. The largest absolute Gasteiger partial charge is 0.469 e. The molecule has 136 valence electrons. The minimum Gasteiger partial charge on any atom is -0.469 e. The zero-order chi connectivity index (χ0) is 15.9. The van der Waals surface area contributed by atoms with Crippen molar-refractivity contribution in [3.8, 4) is 0 Å². The number of methoxy groups -OCH3 is 1. The number of hydrogen-bond acceptors (Lipinski definition) is 3. The lowest BCUT2D eigenvalue weighted by Crippen LogP contribution is -2.49. The molecule has 0 bridgehead atoms. The van der Waals surface area contributed by atoms with Crippen molar-refractivity contribution in [2.45, 2.75) is 57.0 Å². The molecule has 0 radical (unpaired) electrons. The summed E-state index contributed by atoms with van der Waals surface area (Å²) in [4.78, 5) is 4.77. The van der Waals surface area contributed by atoms with Crippen LogP contribution in [0.2, 0.25) is 0 Å². The number of aliphatic imine (C=N–C) groups is 1. The van der Waals surface area contributed by atoms with Crippen molar-refractivity contribution in [2.75, 3.05) is 20.3 Å². The molecule has 1 unspecified atom stereocenters. The lowest BCUT2D eigenvalue weighted by molar-refractivity contribution is 0.165. The van der Waals surface area contributed by atoms with Crippen LogP contribution in [-0.2, 0) is 11.2 Å². The first kappa shape index (κ1) is 19.6. The Hall–Kier alpha value is -0.760. The second-order valence-corrected chi connectivity index (χ2v) is 6.73. The van der Waals surface area contributed by atoms with Crippen LogP contribution < -0.4 is 10.6 Å². The number of hydrogen-bond donors (Lipinski definition) is 2. The van der Waals surface area contributed by atoms with Crippen molar-refractivity contribution in [3.05, 3.63) is 24.2 Å². The van der Waals surface area contributed by atoms with Crippen molar-refractivity contribution >= 4 is 29.9 Å². The van der Waals surface area contributed by atoms with Gasteiger partial charge in [-0.2, -0.15) is 0 Å². The average Bonchev–Trinajstić information content (AvgIpc) is 3.03. The first-order chi connectivity index (χ1) is 11.3. The maximum atomic E-state index is 5.39. The standard InChI is InChI=1S/C18H29N3O2.HI/c1-22-13-17(14-8-9-14)21-18(20-15-5-2-3-6-15)19-11-10-16-7-4-12-23-16;/h4,7,12,14-15,17H,2-3,5-6,8-11,13H2,1H3,(H2,19,20,21);1H. The molecular formula is C18H30IN3O2. The van der Waals surface area contributed by atoms with Crippen LogP contribution in [0.4, 0.5) is 0 Å². The van der Waals surface area contributed by atoms with E-state index in [9.17, 15) is 0 Å². The van der Waals surface area contributed by atoms with Gasteiger partial charge in [-0.15, -0.1) is 24.0 Å². The summed E-state index contributed by atoms with van der Waals surface area (Å²) in [5.41, 5.74) is 0. The van der Waals surface area contributed by atoms with Gasteiger partial charge < -0.3 is 19.8 Å². The number of furan rings is 1. The topological polar surface area (TPSA) is 58.8 Å². The minimum absolute atomic E-state index is 0. The van der Waals surface area contributed by atoms with Crippen LogP contribution >= 0.6 is 24.0 Å². The predicted molar refractivity (Wildman–Crippen MR) is 107 cm³/mol. The van der Waals surface area contributed by atoms with Gasteiger partial charge in [-0.05, 0) is 43.7 Å². The fourth-order valence-corrected chi connectivity index (χ4v) is 3.28. The highest BCUT2D eigenvalue weighted by Crippen LogP contribution is 2.32. The number of halogens is 1. The molecule has 5 nitrogen and oxygen atoms in total. The van der Waals surface area contributed by atoms with Gasteiger partial charge in [-0.1, -0.05) is 12.8 Å². The van der Waals surface area contributed by atoms with E-state index in [0.29, 0.717) is 12.1 Å². The Balaban J connectivity index is 0.00000208. The first-order valence-electron chi connectivity index (χ1n) is 8.94. The van der Waals surface area contributed by atoms with E-state index in [1.165, 1.54) is 38.5 Å². The van der Waals surface area contributed by atoms with Gasteiger partial charge in [0, 0.05) is 26.1 Å². The van der Waals surface area contributed by atoms with Crippen LogP contribution in [0, 0.1) is 5.92 Å². The van der Waals surface area contributed by atoms with Crippen LogP contribution in [-0.4, -0.2) is 38.3 Å². The molecule has 1 aromatic heterocycles. The molecular weight excluding hydrogens is 417 g/mol. The molecule has 6 heteroatoms. The Morgan fingerprint density at radius 3 is 2.75 bits per heavy atom. The highest BCUT2D eigenvalue weighted by molar-refractivity contribution is 14.0. The Kier molecular flexibility index (Phi) is 8.38. The molecule has 2 saturated carbocycles. The molecule has 0 aromatic carbocycles. The van der Waals surface area contributed by atoms with Crippen molar-refractivity contribution in [2.24, 2.45) is 10.9 Å². The number of ether oxygens (including phenoxy) is 1. The van der Waals surface area contributed by atoms with E-state index in [0.717, 1.165) is 37.2 Å². The monoisotopic (exact) mass is 447 g/mol. The molecule has 2 aliphatic rings. The second kappa shape index (κ2) is 10.3. The van der Waals surface area contributed by atoms with E-state index >= 15 is 0 Å². The lowest BCUT2D eigenvalue weighted by atomic mass is 10.2. The molecule has 0 saturated heterocycles. The summed E-state index contributed by atoms with van der Waals surface area (Å²) in [6.45, 7) is 1.48. The van der Waals surface area contributed by atoms with E-state index in [4.69, 9.17) is 14.1 Å². The van der Waals surface area contributed by atoms with Crippen LogP contribution in [0.5, 0.6) is 0 Å². The van der Waals surface area contributed by atoms with E-state index in [1.807, 2.05) is 12.1 Å². The summed E-state index contributed by atoms with van der Waals surface area (Å²) >= 11 is 0. The third-order valence-corrected chi connectivity index (χ3v) is 4.76. The molecule has 0 aliphatic heterocycles. The zero-order valence-electron chi connectivity index (χ0n) is 14.5. The van der Waals surface area contributed by atoms with E-state index in [2.05, 4.69) is 10.6 Å². The van der Waals surface area contributed by atoms with E-state index in [-0.39, 0.29) is 24.0 Å². The molecule has 2 N–H and O–H groups in total. The first-order valence-corrected chi connectivity index (χ1v) is 8.94. The van der Waals surface area contributed by atoms with E-state index < -0.39 is 0 Å². The fraction of sp³-hybridized carbons (Fsp3) is 0.722. The van der Waals surface area contributed by atoms with Gasteiger partial charge in [-0.25, -0.2) is 0 Å². The number of nitrogens with one attached hydrogen (secondary N) is 2. The summed E-state index contributed by atoms with van der Waals surface area (Å²) in [5.74, 6) is 2.66. The van der Waals surface area contributed by atoms with Crippen LogP contribution in [0.15, 0.2) is 27.8 Å². The van der Waals surface area contributed by atoms with Gasteiger partial charge >= 0.3 is 0 Å². The molecule has 1 heterocycles. The van der Waals surface area contributed by atoms with Gasteiger partial charge in [0.25, 0.3) is 0 Å². The van der Waals surface area contributed by atoms with Crippen LogP contribution in [0.25, 0.3) is 0 Å². The molecule has 2 aliphatic carbocycles. The van der Waals surface area contributed by atoms with Gasteiger partial charge in [-0.3, -0.25) is 4.99 Å². The molecule has 1 atom stereocenters. The Labute approximate surface area is 162 Å². The highest BCUT2D eigenvalue weighted by atomic mass is 127. The van der Waals surface area contributed by atoms with Crippen LogP contribution in [0.1, 0.15) is 44.3 Å². The molecule has 0 spiro atoms. The third kappa shape index (κ3) is 6.27. The highest BCUT2D eigenvalue weighted by Gasteiger charge is 2.32. The second-order valence-electron chi connectivity index (χ2n) is 6.73. The van der Waals surface area contributed by atoms with Crippen molar-refractivity contribution in [1.82, 2.24) is 10.6 Å². The van der Waals surface area contributed by atoms with E-state index in [1.54, 1.807) is 13.4 Å². The smallest absolute Gasteiger partial charge is 0.191 e. The van der Waals surface area contributed by atoms with Gasteiger partial charge in [0.15, 0.2) is 5.96 Å². The Morgan fingerprint density at radius 1 is 1.33 bits per heavy atom. The van der Waals surface area contributed by atoms with Crippen molar-refractivity contribution < 1.29 is 9.15 Å². The zero-order valence-corrected chi connectivity index (χ0v) is 16.8. The molecule has 24 heavy (non-hydrogen) atoms. The molecule has 2 fully saturated rings. The Bertz CT molecular complexity index is 482. The lowest BCUT2D eigenvalue weighted by Gasteiger charge is -2.23. The van der Waals surface area contributed by atoms with Crippen molar-refractivity contribution in [1.29, 1.82) is 0 Å². The Morgan fingerprint density at radius 2 is 2.12 bits per heavy atom. The van der Waals surface area contributed by atoms with Gasteiger partial charge in [0.05, 0.1) is 18.9 Å². The fourth-order valence-electron chi connectivity index (χ4n) is 3.28. The van der Waals surface area contributed by atoms with Gasteiger partial charge in [0.2, 0.25) is 0 Å². The van der Waals surface area contributed by atoms with Crippen LogP contribution in [0.3, 0.4) is 0 Å². The molecule has 0 amide bonds. The number of rotatable bonds is 8. The maximum Gasteiger partial charge on any atom is 0.191 e. The normalized spacial score (nSPS) is 19.8. The summed E-state index contributed by atoms with van der Waals surface area (Å²) in [5, 5.41) is 7.23. The summed E-state index contributed by atoms with van der Waals surface area (Å²) in [6, 6.07) is 4.87. The third-order valence-electron chi connectivity index (χ3n) is 4.76. The molecule has 1 aromatic rings. The quantitative estimate of drug-likeness (QED) is 0.365. The average molecular weight is 447 g/mol. The summed E-state index contributed by atoms with van der Waals surface area (Å²) < 4.78 is 10.8. The number of guanidine groups is 1. The molecule has 3 rings (SSSR count). The maximum absolute atomic E-state index is 5.39.